The first-order valence-corrected chi connectivity index (χ1v) is 9.54. The normalized spacial score (nSPS) is 13.9. The van der Waals surface area contributed by atoms with Crippen molar-refractivity contribution in [2.45, 2.75) is 32.4 Å². The largest absolute Gasteiger partial charge is 0.496 e. The first kappa shape index (κ1) is 18.2. The molecule has 0 atom stereocenters. The van der Waals surface area contributed by atoms with Crippen LogP contribution >= 0.6 is 0 Å². The molecular formula is C22H23N3O3. The van der Waals surface area contributed by atoms with Crippen molar-refractivity contribution in [2.75, 3.05) is 7.11 Å². The van der Waals surface area contributed by atoms with Crippen LogP contribution in [0.4, 0.5) is 0 Å². The van der Waals surface area contributed by atoms with Crippen molar-refractivity contribution in [3.05, 3.63) is 70.3 Å². The summed E-state index contributed by atoms with van der Waals surface area (Å²) in [4.78, 5) is 34.6. The summed E-state index contributed by atoms with van der Waals surface area (Å²) in [5, 5.41) is 0.549. The van der Waals surface area contributed by atoms with Crippen molar-refractivity contribution in [1.82, 2.24) is 14.9 Å². The molecule has 1 saturated carbocycles. The van der Waals surface area contributed by atoms with Crippen LogP contribution in [0.5, 0.6) is 5.75 Å². The number of methoxy groups -OCH3 is 1. The predicted molar refractivity (Wildman–Crippen MR) is 107 cm³/mol. The highest BCUT2D eigenvalue weighted by Crippen LogP contribution is 2.30. The number of hydrogen-bond acceptors (Lipinski definition) is 4. The fraction of sp³-hybridized carbons (Fsp3) is 0.318. The molecule has 0 unspecified atom stereocenters. The molecule has 144 valence electrons. The maximum atomic E-state index is 13.0. The Hall–Kier alpha value is -3.15. The summed E-state index contributed by atoms with van der Waals surface area (Å²) in [6.45, 7) is 0.670. The second-order valence-corrected chi connectivity index (χ2v) is 7.16. The molecule has 6 nitrogen and oxygen atoms in total. The van der Waals surface area contributed by atoms with Gasteiger partial charge in [-0.2, -0.15) is 0 Å². The number of ether oxygens (including phenoxy) is 1. The molecule has 0 aliphatic heterocycles. The van der Waals surface area contributed by atoms with Crippen LogP contribution in [0.15, 0.2) is 53.3 Å². The van der Waals surface area contributed by atoms with Crippen LogP contribution in [0.1, 0.15) is 30.7 Å². The van der Waals surface area contributed by atoms with E-state index in [0.717, 1.165) is 30.6 Å². The van der Waals surface area contributed by atoms with Crippen LogP contribution in [-0.4, -0.2) is 27.9 Å². The van der Waals surface area contributed by atoms with Gasteiger partial charge in [-0.25, -0.2) is 4.98 Å². The van der Waals surface area contributed by atoms with Crippen molar-refractivity contribution in [3.63, 3.8) is 0 Å². The molecule has 1 aliphatic carbocycles. The van der Waals surface area contributed by atoms with Gasteiger partial charge in [0.25, 0.3) is 5.56 Å². The lowest BCUT2D eigenvalue weighted by Crippen LogP contribution is -2.38. The number of H-pyrrole nitrogens is 1. The van der Waals surface area contributed by atoms with E-state index in [0.29, 0.717) is 23.3 Å². The predicted octanol–water partition coefficient (Wildman–Crippen LogP) is 3.26. The van der Waals surface area contributed by atoms with E-state index in [1.807, 2.05) is 42.5 Å². The van der Waals surface area contributed by atoms with Crippen LogP contribution in [-0.2, 0) is 17.9 Å². The van der Waals surface area contributed by atoms with Gasteiger partial charge in [-0.1, -0.05) is 36.8 Å². The number of hydrogen-bond donors (Lipinski definition) is 1. The fourth-order valence-corrected chi connectivity index (χ4v) is 3.55. The van der Waals surface area contributed by atoms with Gasteiger partial charge in [-0.15, -0.1) is 0 Å². The monoisotopic (exact) mass is 377 g/mol. The second kappa shape index (κ2) is 7.84. The van der Waals surface area contributed by atoms with Gasteiger partial charge >= 0.3 is 0 Å². The summed E-state index contributed by atoms with van der Waals surface area (Å²) in [6.07, 6.45) is 2.93. The lowest BCUT2D eigenvalue weighted by Gasteiger charge is -2.31. The molecule has 0 saturated heterocycles. The highest BCUT2D eigenvalue weighted by molar-refractivity contribution is 5.80. The van der Waals surface area contributed by atoms with Gasteiger partial charge in [0.1, 0.15) is 11.6 Å². The van der Waals surface area contributed by atoms with Crippen LogP contribution in [0.25, 0.3) is 10.9 Å². The van der Waals surface area contributed by atoms with E-state index >= 15 is 0 Å². The number of benzene rings is 2. The van der Waals surface area contributed by atoms with Gasteiger partial charge < -0.3 is 14.6 Å². The minimum atomic E-state index is -0.186. The summed E-state index contributed by atoms with van der Waals surface area (Å²) in [7, 11) is 1.62. The molecule has 6 heteroatoms. The average Bonchev–Trinajstić information content (AvgIpc) is 2.66. The Bertz CT molecular complexity index is 1060. The number of para-hydroxylation sites is 2. The number of carbonyl (C=O) groups excluding carboxylic acids is 1. The molecule has 1 amide bonds. The van der Waals surface area contributed by atoms with Crippen molar-refractivity contribution in [1.29, 1.82) is 0 Å². The van der Waals surface area contributed by atoms with Crippen LogP contribution in [0.2, 0.25) is 0 Å². The van der Waals surface area contributed by atoms with Gasteiger partial charge in [0.15, 0.2) is 0 Å². The van der Waals surface area contributed by atoms with Gasteiger partial charge in [-0.05, 0) is 31.0 Å². The highest BCUT2D eigenvalue weighted by atomic mass is 16.5. The number of aromatic nitrogens is 2. The zero-order valence-corrected chi connectivity index (χ0v) is 15.9. The zero-order chi connectivity index (χ0) is 19.5. The maximum absolute atomic E-state index is 13.0. The molecule has 0 radical (unpaired) electrons. The molecule has 0 spiro atoms. The smallest absolute Gasteiger partial charge is 0.258 e. The average molecular weight is 377 g/mol. The highest BCUT2D eigenvalue weighted by Gasteiger charge is 2.30. The van der Waals surface area contributed by atoms with E-state index in [1.165, 1.54) is 0 Å². The first-order chi connectivity index (χ1) is 13.7. The van der Waals surface area contributed by atoms with Gasteiger partial charge in [-0.3, -0.25) is 9.59 Å². The van der Waals surface area contributed by atoms with Crippen LogP contribution in [0.3, 0.4) is 0 Å². The summed E-state index contributed by atoms with van der Waals surface area (Å²) in [5.74, 6) is 1.40. The summed E-state index contributed by atoms with van der Waals surface area (Å²) in [5.41, 5.74) is 1.38. The molecule has 1 aliphatic rings. The summed E-state index contributed by atoms with van der Waals surface area (Å²) in [6, 6.07) is 14.9. The van der Waals surface area contributed by atoms with Crippen molar-refractivity contribution >= 4 is 16.8 Å². The molecule has 2 aromatic carbocycles. The maximum Gasteiger partial charge on any atom is 0.258 e. The Balaban J connectivity index is 1.65. The minimum absolute atomic E-state index is 0.0573. The molecule has 1 fully saturated rings. The first-order valence-electron chi connectivity index (χ1n) is 9.54. The number of amides is 1. The summed E-state index contributed by atoms with van der Waals surface area (Å²) < 4.78 is 5.44. The van der Waals surface area contributed by atoms with E-state index in [4.69, 9.17) is 4.74 Å². The number of nitrogens with zero attached hydrogens (tertiary/aromatic N) is 2. The van der Waals surface area contributed by atoms with E-state index in [2.05, 4.69) is 9.97 Å². The Morgan fingerprint density at radius 1 is 1.14 bits per heavy atom. The molecule has 3 aromatic rings. The lowest BCUT2D eigenvalue weighted by atomic mass is 9.84. The van der Waals surface area contributed by atoms with Crippen molar-refractivity contribution in [3.8, 4) is 5.75 Å². The minimum Gasteiger partial charge on any atom is -0.496 e. The van der Waals surface area contributed by atoms with Gasteiger partial charge in [0.05, 0.1) is 24.6 Å². The van der Waals surface area contributed by atoms with E-state index in [1.54, 1.807) is 18.1 Å². The number of carbonyl (C=O) groups is 1. The van der Waals surface area contributed by atoms with E-state index in [9.17, 15) is 9.59 Å². The second-order valence-electron chi connectivity index (χ2n) is 7.16. The Morgan fingerprint density at radius 2 is 1.89 bits per heavy atom. The van der Waals surface area contributed by atoms with Crippen LogP contribution < -0.4 is 10.3 Å². The standard InChI is InChI=1S/C22H23N3O3/c1-28-19-12-5-2-7-16(19)13-25(22(27)15-8-6-9-15)14-20-23-18-11-4-3-10-17(18)21(26)24-20/h2-5,7,10-12,15H,6,8-9,13-14H2,1H3,(H,23,24,26). The van der Waals surface area contributed by atoms with E-state index in [-0.39, 0.29) is 23.9 Å². The van der Waals surface area contributed by atoms with Gasteiger partial charge in [0.2, 0.25) is 5.91 Å². The zero-order valence-electron chi connectivity index (χ0n) is 15.9. The van der Waals surface area contributed by atoms with Gasteiger partial charge in [0, 0.05) is 18.0 Å². The third-order valence-corrected chi connectivity index (χ3v) is 5.32. The third-order valence-electron chi connectivity index (χ3n) is 5.32. The molecule has 0 bridgehead atoms. The van der Waals surface area contributed by atoms with Crippen molar-refractivity contribution < 1.29 is 9.53 Å². The Kier molecular flexibility index (Phi) is 5.10. The van der Waals surface area contributed by atoms with E-state index < -0.39 is 0 Å². The Morgan fingerprint density at radius 3 is 2.64 bits per heavy atom. The summed E-state index contributed by atoms with van der Waals surface area (Å²) >= 11 is 0. The van der Waals surface area contributed by atoms with Crippen molar-refractivity contribution in [2.24, 2.45) is 5.92 Å². The lowest BCUT2D eigenvalue weighted by molar-refractivity contribution is -0.139. The molecular weight excluding hydrogens is 354 g/mol. The number of nitrogens with one attached hydrogen (secondary N) is 1. The molecule has 1 heterocycles. The third kappa shape index (κ3) is 3.63. The topological polar surface area (TPSA) is 75.3 Å². The fourth-order valence-electron chi connectivity index (χ4n) is 3.55. The molecule has 4 rings (SSSR count). The number of rotatable bonds is 6. The number of aromatic amines is 1. The molecule has 1 aromatic heterocycles. The Labute approximate surface area is 163 Å². The quantitative estimate of drug-likeness (QED) is 0.715. The number of fused-ring (bicyclic) bond motifs is 1. The molecule has 28 heavy (non-hydrogen) atoms. The SMILES string of the molecule is COc1ccccc1CN(Cc1nc2ccccc2c(=O)[nH]1)C(=O)C1CCC1. The molecule has 1 N–H and O–H groups in total. The van der Waals surface area contributed by atoms with Crippen LogP contribution in [0, 0.1) is 5.92 Å².